The molecular formula is C10H12O3S. The average Bonchev–Trinajstić information content (AvgIpc) is 2.02. The van der Waals surface area contributed by atoms with E-state index in [0.717, 1.165) is 4.90 Å². The Bertz CT molecular complexity index is 347. The Balaban J connectivity index is 2.83. The number of carboxylic acid groups (broad SMARTS) is 1. The van der Waals surface area contributed by atoms with Crippen LogP contribution in [0.2, 0.25) is 0 Å². The van der Waals surface area contributed by atoms with E-state index in [1.807, 2.05) is 0 Å². The van der Waals surface area contributed by atoms with Crippen molar-refractivity contribution in [3.63, 3.8) is 0 Å². The smallest absolute Gasteiger partial charge is 0.319 e. The summed E-state index contributed by atoms with van der Waals surface area (Å²) in [6, 6.07) is 6.57. The second-order valence-electron chi connectivity index (χ2n) is 3.41. The molecule has 2 N–H and O–H groups in total. The first-order valence-electron chi connectivity index (χ1n) is 4.13. The number of phenols is 1. The van der Waals surface area contributed by atoms with Crippen LogP contribution in [0.15, 0.2) is 29.2 Å². The van der Waals surface area contributed by atoms with E-state index in [1.165, 1.54) is 11.8 Å². The molecule has 0 atom stereocenters. The van der Waals surface area contributed by atoms with E-state index < -0.39 is 10.7 Å². The van der Waals surface area contributed by atoms with Gasteiger partial charge in [0.05, 0.1) is 0 Å². The minimum atomic E-state index is -0.881. The Morgan fingerprint density at radius 2 is 2.07 bits per heavy atom. The van der Waals surface area contributed by atoms with Crippen molar-refractivity contribution < 1.29 is 15.0 Å². The summed E-state index contributed by atoms with van der Waals surface area (Å²) in [5, 5.41) is 18.1. The van der Waals surface area contributed by atoms with Gasteiger partial charge >= 0.3 is 5.97 Å². The van der Waals surface area contributed by atoms with Gasteiger partial charge in [-0.3, -0.25) is 4.79 Å². The number of carboxylic acids is 1. The van der Waals surface area contributed by atoms with Gasteiger partial charge in [0, 0.05) is 4.90 Å². The van der Waals surface area contributed by atoms with Crippen molar-refractivity contribution in [2.24, 2.45) is 0 Å². The van der Waals surface area contributed by atoms with E-state index in [1.54, 1.807) is 38.1 Å². The number of aliphatic carboxylic acids is 1. The van der Waals surface area contributed by atoms with Crippen LogP contribution in [0.4, 0.5) is 0 Å². The van der Waals surface area contributed by atoms with E-state index in [-0.39, 0.29) is 5.75 Å². The highest BCUT2D eigenvalue weighted by Crippen LogP contribution is 2.33. The van der Waals surface area contributed by atoms with Gasteiger partial charge in [0.15, 0.2) is 0 Å². The summed E-state index contributed by atoms with van der Waals surface area (Å²) in [7, 11) is 0. The van der Waals surface area contributed by atoms with E-state index in [0.29, 0.717) is 0 Å². The zero-order valence-electron chi connectivity index (χ0n) is 8.02. The number of phenolic OH excluding ortho intramolecular Hbond substituents is 1. The normalized spacial score (nSPS) is 11.3. The Kier molecular flexibility index (Phi) is 3.06. The summed E-state index contributed by atoms with van der Waals surface area (Å²) in [5.74, 6) is -0.720. The van der Waals surface area contributed by atoms with Crippen molar-refractivity contribution >= 4 is 17.7 Å². The molecule has 0 saturated heterocycles. The maximum absolute atomic E-state index is 10.8. The third-order valence-corrected chi connectivity index (χ3v) is 2.88. The average molecular weight is 212 g/mol. The van der Waals surface area contributed by atoms with Gasteiger partial charge < -0.3 is 10.2 Å². The molecule has 0 heterocycles. The SMILES string of the molecule is CC(C)(Sc1cccc(O)c1)C(=O)O. The lowest BCUT2D eigenvalue weighted by Crippen LogP contribution is -2.26. The van der Waals surface area contributed by atoms with Crippen molar-refractivity contribution in [1.82, 2.24) is 0 Å². The number of benzene rings is 1. The molecule has 3 nitrogen and oxygen atoms in total. The summed E-state index contributed by atoms with van der Waals surface area (Å²) in [5.41, 5.74) is 0. The van der Waals surface area contributed by atoms with Crippen molar-refractivity contribution in [2.75, 3.05) is 0 Å². The number of hydrogen-bond acceptors (Lipinski definition) is 3. The fourth-order valence-electron chi connectivity index (χ4n) is 0.885. The summed E-state index contributed by atoms with van der Waals surface area (Å²) in [6.07, 6.45) is 0. The molecule has 14 heavy (non-hydrogen) atoms. The highest BCUT2D eigenvalue weighted by molar-refractivity contribution is 8.01. The topological polar surface area (TPSA) is 57.5 Å². The first-order chi connectivity index (χ1) is 6.42. The lowest BCUT2D eigenvalue weighted by molar-refractivity contribution is -0.138. The summed E-state index contributed by atoms with van der Waals surface area (Å²) in [6.45, 7) is 3.26. The highest BCUT2D eigenvalue weighted by atomic mass is 32.2. The molecule has 0 aromatic heterocycles. The van der Waals surface area contributed by atoms with Crippen LogP contribution < -0.4 is 0 Å². The number of thioether (sulfide) groups is 1. The summed E-state index contributed by atoms with van der Waals surface area (Å²) >= 11 is 1.21. The maximum atomic E-state index is 10.8. The second-order valence-corrected chi connectivity index (χ2v) is 5.11. The van der Waals surface area contributed by atoms with Crippen LogP contribution in [0.25, 0.3) is 0 Å². The second kappa shape index (κ2) is 3.92. The van der Waals surface area contributed by atoms with Gasteiger partial charge in [-0.2, -0.15) is 0 Å². The molecule has 1 aromatic rings. The molecule has 76 valence electrons. The minimum absolute atomic E-state index is 0.149. The van der Waals surface area contributed by atoms with Gasteiger partial charge in [-0.05, 0) is 32.0 Å². The predicted octanol–water partition coefficient (Wildman–Crippen LogP) is 2.35. The third kappa shape index (κ3) is 2.67. The van der Waals surface area contributed by atoms with E-state index in [2.05, 4.69) is 0 Å². The summed E-state index contributed by atoms with van der Waals surface area (Å²) < 4.78 is -0.881. The van der Waals surface area contributed by atoms with Crippen LogP contribution in [0, 0.1) is 0 Å². The predicted molar refractivity (Wildman–Crippen MR) is 55.7 cm³/mol. The Morgan fingerprint density at radius 1 is 1.43 bits per heavy atom. The molecule has 0 aliphatic carbocycles. The highest BCUT2D eigenvalue weighted by Gasteiger charge is 2.28. The van der Waals surface area contributed by atoms with E-state index in [9.17, 15) is 9.90 Å². The molecule has 0 spiro atoms. The van der Waals surface area contributed by atoms with Crippen LogP contribution in [0.3, 0.4) is 0 Å². The molecule has 0 radical (unpaired) electrons. The maximum Gasteiger partial charge on any atom is 0.319 e. The number of rotatable bonds is 3. The van der Waals surface area contributed by atoms with Gasteiger partial charge in [0.2, 0.25) is 0 Å². The number of aromatic hydroxyl groups is 1. The van der Waals surface area contributed by atoms with Crippen molar-refractivity contribution in [3.8, 4) is 5.75 Å². The molecule has 1 aromatic carbocycles. The molecule has 0 aliphatic heterocycles. The van der Waals surface area contributed by atoms with Crippen molar-refractivity contribution in [1.29, 1.82) is 0 Å². The van der Waals surface area contributed by atoms with Crippen LogP contribution in [-0.2, 0) is 4.79 Å². The zero-order valence-corrected chi connectivity index (χ0v) is 8.84. The molecule has 0 aliphatic rings. The molecular weight excluding hydrogens is 200 g/mol. The van der Waals surface area contributed by atoms with Gasteiger partial charge in [-0.15, -0.1) is 11.8 Å². The Labute approximate surface area is 86.8 Å². The summed E-state index contributed by atoms with van der Waals surface area (Å²) in [4.78, 5) is 11.6. The van der Waals surface area contributed by atoms with Crippen LogP contribution >= 0.6 is 11.8 Å². The van der Waals surface area contributed by atoms with Crippen LogP contribution in [0.1, 0.15) is 13.8 Å². The molecule has 1 rings (SSSR count). The molecule has 4 heteroatoms. The molecule has 0 amide bonds. The molecule has 0 unspecified atom stereocenters. The van der Waals surface area contributed by atoms with E-state index in [4.69, 9.17) is 5.11 Å². The first-order valence-corrected chi connectivity index (χ1v) is 4.95. The number of hydrogen-bond donors (Lipinski definition) is 2. The van der Waals surface area contributed by atoms with Crippen LogP contribution in [0.5, 0.6) is 5.75 Å². The fourth-order valence-corrected chi connectivity index (χ4v) is 1.89. The zero-order chi connectivity index (χ0) is 10.8. The third-order valence-electron chi connectivity index (χ3n) is 1.71. The van der Waals surface area contributed by atoms with E-state index >= 15 is 0 Å². The lowest BCUT2D eigenvalue weighted by atomic mass is 10.2. The first kappa shape index (κ1) is 10.9. The van der Waals surface area contributed by atoms with Gasteiger partial charge in [0.25, 0.3) is 0 Å². The Morgan fingerprint density at radius 3 is 2.57 bits per heavy atom. The molecule has 0 fully saturated rings. The van der Waals surface area contributed by atoms with Gasteiger partial charge in [-0.1, -0.05) is 6.07 Å². The largest absolute Gasteiger partial charge is 0.508 e. The van der Waals surface area contributed by atoms with Gasteiger partial charge in [-0.25, -0.2) is 0 Å². The molecule has 0 bridgehead atoms. The standard InChI is InChI=1S/C10H12O3S/c1-10(2,9(12)13)14-8-5-3-4-7(11)6-8/h3-6,11H,1-2H3,(H,12,13). The number of carbonyl (C=O) groups is 1. The minimum Gasteiger partial charge on any atom is -0.508 e. The van der Waals surface area contributed by atoms with Crippen molar-refractivity contribution in [2.45, 2.75) is 23.5 Å². The van der Waals surface area contributed by atoms with Crippen molar-refractivity contribution in [3.05, 3.63) is 24.3 Å². The lowest BCUT2D eigenvalue weighted by Gasteiger charge is -2.18. The molecule has 0 saturated carbocycles. The quantitative estimate of drug-likeness (QED) is 0.755. The van der Waals surface area contributed by atoms with Crippen LogP contribution in [-0.4, -0.2) is 20.9 Å². The fraction of sp³-hybridized carbons (Fsp3) is 0.300. The van der Waals surface area contributed by atoms with Gasteiger partial charge in [0.1, 0.15) is 10.5 Å². The Hall–Kier alpha value is -1.16. The monoisotopic (exact) mass is 212 g/mol.